The average molecular weight is 580 g/mol. The minimum atomic E-state index is -0.144. The summed E-state index contributed by atoms with van der Waals surface area (Å²) in [5.41, 5.74) is 10.4. The van der Waals surface area contributed by atoms with E-state index in [0.29, 0.717) is 5.95 Å². The van der Waals surface area contributed by atoms with Crippen molar-refractivity contribution >= 4 is 43.5 Å². The molecule has 1 aliphatic carbocycles. The fourth-order valence-corrected chi connectivity index (χ4v) is 7.77. The zero-order valence-corrected chi connectivity index (χ0v) is 26.0. The molecule has 0 spiro atoms. The van der Waals surface area contributed by atoms with Crippen molar-refractivity contribution in [3.63, 3.8) is 0 Å². The Kier molecular flexibility index (Phi) is 5.30. The Morgan fingerprint density at radius 2 is 1.20 bits per heavy atom. The van der Waals surface area contributed by atoms with Crippen molar-refractivity contribution in [3.05, 3.63) is 139 Å². The monoisotopic (exact) mass is 579 g/mol. The third-order valence-electron chi connectivity index (χ3n) is 10.7. The molecule has 8 aromatic rings. The molecule has 45 heavy (non-hydrogen) atoms. The van der Waals surface area contributed by atoms with Crippen LogP contribution in [0.25, 0.3) is 71.8 Å². The van der Waals surface area contributed by atoms with Gasteiger partial charge in [-0.25, -0.2) is 9.97 Å². The Morgan fingerprint density at radius 1 is 0.511 bits per heavy atom. The summed E-state index contributed by atoms with van der Waals surface area (Å²) in [6, 6.07) is 45.8. The van der Waals surface area contributed by atoms with E-state index < -0.39 is 0 Å². The molecule has 2 heterocycles. The van der Waals surface area contributed by atoms with Crippen LogP contribution in [0.3, 0.4) is 0 Å². The summed E-state index contributed by atoms with van der Waals surface area (Å²) in [6.07, 6.45) is 0. The zero-order chi connectivity index (χ0) is 30.5. The summed E-state index contributed by atoms with van der Waals surface area (Å²) in [7, 11) is 0. The number of hydrogen-bond acceptors (Lipinski definition) is 2. The van der Waals surface area contributed by atoms with Gasteiger partial charge in [-0.15, -0.1) is 0 Å². The normalized spacial score (nSPS) is 15.0. The molecule has 0 bridgehead atoms. The molecule has 1 aliphatic rings. The van der Waals surface area contributed by atoms with Crippen LogP contribution in [0.4, 0.5) is 0 Å². The first-order chi connectivity index (χ1) is 21.8. The van der Waals surface area contributed by atoms with Gasteiger partial charge in [0.1, 0.15) is 0 Å². The molecule has 0 aliphatic heterocycles. The summed E-state index contributed by atoms with van der Waals surface area (Å²) >= 11 is 0. The first kappa shape index (κ1) is 26.2. The molecular weight excluding hydrogens is 546 g/mol. The minimum absolute atomic E-state index is 0.110. The predicted molar refractivity (Wildman–Crippen MR) is 188 cm³/mol. The van der Waals surface area contributed by atoms with Gasteiger partial charge in [-0.05, 0) is 62.7 Å². The fraction of sp³-hybridized carbons (Fsp3) is 0.143. The third kappa shape index (κ3) is 3.52. The maximum absolute atomic E-state index is 5.31. The largest absolute Gasteiger partial charge is 0.278 e. The van der Waals surface area contributed by atoms with Crippen LogP contribution in [0, 0.1) is 0 Å². The quantitative estimate of drug-likeness (QED) is 0.204. The van der Waals surface area contributed by atoms with Crippen molar-refractivity contribution in [1.82, 2.24) is 14.5 Å². The molecule has 216 valence electrons. The van der Waals surface area contributed by atoms with E-state index in [-0.39, 0.29) is 10.8 Å². The highest BCUT2D eigenvalue weighted by Crippen LogP contribution is 2.56. The molecule has 0 N–H and O–H groups in total. The molecule has 6 aromatic carbocycles. The Morgan fingerprint density at radius 3 is 2.02 bits per heavy atom. The van der Waals surface area contributed by atoms with E-state index in [0.717, 1.165) is 33.2 Å². The minimum Gasteiger partial charge on any atom is -0.278 e. The summed E-state index contributed by atoms with van der Waals surface area (Å²) in [4.78, 5) is 10.5. The van der Waals surface area contributed by atoms with E-state index in [4.69, 9.17) is 9.97 Å². The van der Waals surface area contributed by atoms with Gasteiger partial charge in [0.25, 0.3) is 0 Å². The maximum Gasteiger partial charge on any atom is 0.235 e. The summed E-state index contributed by atoms with van der Waals surface area (Å²) < 4.78 is 2.28. The topological polar surface area (TPSA) is 30.7 Å². The van der Waals surface area contributed by atoms with Gasteiger partial charge >= 0.3 is 0 Å². The molecule has 0 atom stereocenters. The van der Waals surface area contributed by atoms with Gasteiger partial charge in [0.2, 0.25) is 5.95 Å². The highest BCUT2D eigenvalue weighted by Gasteiger charge is 2.47. The van der Waals surface area contributed by atoms with Gasteiger partial charge in [0.05, 0.1) is 22.2 Å². The lowest BCUT2D eigenvalue weighted by Crippen LogP contribution is -2.43. The summed E-state index contributed by atoms with van der Waals surface area (Å²) in [6.45, 7) is 9.66. The number of fused-ring (bicyclic) bond motifs is 9. The van der Waals surface area contributed by atoms with Crippen molar-refractivity contribution in [2.24, 2.45) is 0 Å². The second-order valence-corrected chi connectivity index (χ2v) is 13.5. The zero-order valence-electron chi connectivity index (χ0n) is 26.0. The summed E-state index contributed by atoms with van der Waals surface area (Å²) in [5, 5.41) is 6.12. The smallest absolute Gasteiger partial charge is 0.235 e. The first-order valence-electron chi connectivity index (χ1n) is 15.8. The summed E-state index contributed by atoms with van der Waals surface area (Å²) in [5.74, 6) is 0.693. The molecule has 3 nitrogen and oxygen atoms in total. The number of para-hydroxylation sites is 2. The van der Waals surface area contributed by atoms with E-state index in [1.165, 1.54) is 43.8 Å². The lowest BCUT2D eigenvalue weighted by molar-refractivity contribution is 0.301. The molecule has 0 saturated heterocycles. The number of hydrogen-bond donors (Lipinski definition) is 0. The average Bonchev–Trinajstić information content (AvgIpc) is 3.40. The lowest BCUT2D eigenvalue weighted by Gasteiger charge is -2.49. The predicted octanol–water partition coefficient (Wildman–Crippen LogP) is 10.8. The van der Waals surface area contributed by atoms with E-state index in [1.54, 1.807) is 0 Å². The van der Waals surface area contributed by atoms with Crippen molar-refractivity contribution in [3.8, 4) is 28.3 Å². The number of benzene rings is 6. The molecule has 0 saturated carbocycles. The van der Waals surface area contributed by atoms with Crippen LogP contribution in [-0.2, 0) is 10.8 Å². The fourth-order valence-electron chi connectivity index (χ4n) is 7.77. The Balaban J connectivity index is 1.40. The molecule has 3 heteroatoms. The second-order valence-electron chi connectivity index (χ2n) is 13.5. The van der Waals surface area contributed by atoms with E-state index >= 15 is 0 Å². The molecule has 9 rings (SSSR count). The Bertz CT molecular complexity index is 2480. The number of rotatable bonds is 2. The van der Waals surface area contributed by atoms with Gasteiger partial charge in [-0.2, -0.15) is 0 Å². The van der Waals surface area contributed by atoms with Gasteiger partial charge in [-0.1, -0.05) is 131 Å². The maximum atomic E-state index is 5.31. The van der Waals surface area contributed by atoms with Crippen molar-refractivity contribution in [1.29, 1.82) is 0 Å². The Hall–Kier alpha value is -5.28. The van der Waals surface area contributed by atoms with E-state index in [1.807, 2.05) is 6.07 Å². The highest BCUT2D eigenvalue weighted by molar-refractivity contribution is 6.12. The molecule has 2 aromatic heterocycles. The highest BCUT2D eigenvalue weighted by atomic mass is 15.2. The van der Waals surface area contributed by atoms with Crippen LogP contribution in [0.15, 0.2) is 127 Å². The van der Waals surface area contributed by atoms with E-state index in [2.05, 4.69) is 154 Å². The van der Waals surface area contributed by atoms with Crippen LogP contribution < -0.4 is 0 Å². The second kappa shape index (κ2) is 9.12. The first-order valence-corrected chi connectivity index (χ1v) is 15.8. The van der Waals surface area contributed by atoms with Gasteiger partial charge in [-0.3, -0.25) is 4.57 Å². The van der Waals surface area contributed by atoms with Gasteiger partial charge < -0.3 is 0 Å². The number of nitrogens with zero attached hydrogens (tertiary/aromatic N) is 3. The van der Waals surface area contributed by atoms with Crippen LogP contribution in [0.1, 0.15) is 38.8 Å². The van der Waals surface area contributed by atoms with Crippen molar-refractivity contribution in [2.75, 3.05) is 0 Å². The van der Waals surface area contributed by atoms with Crippen LogP contribution in [0.2, 0.25) is 0 Å². The molecular formula is C42H33N3. The number of aromatic nitrogens is 3. The standard InChI is InChI=1S/C42H33N3/c1-41(2)34-25-37-33(24-32(34)30-23-22-26-14-8-9-17-28(26)38(30)42(41,3)4)29-18-11-13-21-36(29)45(37)40-43-35-20-12-10-19-31(35)39(44-40)27-15-6-5-7-16-27/h5-25H,1-4H3. The van der Waals surface area contributed by atoms with E-state index in [9.17, 15) is 0 Å². The van der Waals surface area contributed by atoms with Crippen molar-refractivity contribution in [2.45, 2.75) is 38.5 Å². The molecule has 0 unspecified atom stereocenters. The van der Waals surface area contributed by atoms with Gasteiger partial charge in [0, 0.05) is 27.1 Å². The SMILES string of the molecule is CC1(C)c2cc3c(cc2-c2ccc4ccccc4c2C1(C)C)c1ccccc1n3-c1nc(-c2ccccc2)c2ccccc2n1. The molecule has 0 fully saturated rings. The van der Waals surface area contributed by atoms with Crippen LogP contribution >= 0.6 is 0 Å². The van der Waals surface area contributed by atoms with Crippen LogP contribution in [-0.4, -0.2) is 14.5 Å². The Labute approximate surface area is 262 Å². The van der Waals surface area contributed by atoms with Crippen molar-refractivity contribution < 1.29 is 0 Å². The van der Waals surface area contributed by atoms with Crippen LogP contribution in [0.5, 0.6) is 0 Å². The third-order valence-corrected chi connectivity index (χ3v) is 10.7. The van der Waals surface area contributed by atoms with Gasteiger partial charge in [0.15, 0.2) is 0 Å². The molecule has 0 amide bonds. The lowest BCUT2D eigenvalue weighted by atomic mass is 9.54. The molecule has 0 radical (unpaired) electrons.